The molecular weight excluding hydrogens is 498 g/mol. The highest BCUT2D eigenvalue weighted by molar-refractivity contribution is 5.92. The molecule has 9 nitrogen and oxygen atoms in total. The van der Waals surface area contributed by atoms with Gasteiger partial charge >= 0.3 is 5.97 Å². The van der Waals surface area contributed by atoms with Crippen molar-refractivity contribution in [2.75, 3.05) is 27.9 Å². The van der Waals surface area contributed by atoms with Crippen LogP contribution >= 0.6 is 0 Å². The van der Waals surface area contributed by atoms with E-state index >= 15 is 0 Å². The van der Waals surface area contributed by atoms with Gasteiger partial charge in [0.25, 0.3) is 5.91 Å². The van der Waals surface area contributed by atoms with E-state index in [1.165, 1.54) is 7.11 Å². The number of amides is 1. The summed E-state index contributed by atoms with van der Waals surface area (Å²) in [6.07, 6.45) is 3.02. The molecule has 0 aliphatic heterocycles. The van der Waals surface area contributed by atoms with E-state index in [0.717, 1.165) is 41.0 Å². The topological polar surface area (TPSA) is 92.1 Å². The molecule has 1 aliphatic carbocycles. The highest BCUT2D eigenvalue weighted by Gasteiger charge is 2.30. The summed E-state index contributed by atoms with van der Waals surface area (Å²) in [4.78, 5) is 27.2. The number of aryl methyl sites for hydroxylation is 2. The number of hydrogen-bond donors (Lipinski definition) is 0. The van der Waals surface area contributed by atoms with Crippen LogP contribution < -0.4 is 14.2 Å². The maximum absolute atomic E-state index is 14.0. The molecule has 1 amide bonds. The van der Waals surface area contributed by atoms with E-state index in [4.69, 9.17) is 18.9 Å². The summed E-state index contributed by atoms with van der Waals surface area (Å²) in [5.41, 5.74) is 4.39. The van der Waals surface area contributed by atoms with Crippen molar-refractivity contribution in [3.8, 4) is 17.2 Å². The fraction of sp³-hybridized carbons (Fsp3) is 0.433. The molecule has 4 rings (SSSR count). The number of esters is 1. The summed E-state index contributed by atoms with van der Waals surface area (Å²) < 4.78 is 23.4. The highest BCUT2D eigenvalue weighted by Crippen LogP contribution is 2.39. The third kappa shape index (κ3) is 6.90. The van der Waals surface area contributed by atoms with Gasteiger partial charge in [-0.15, -0.1) is 0 Å². The van der Waals surface area contributed by atoms with Crippen LogP contribution in [0, 0.1) is 6.92 Å². The Labute approximate surface area is 229 Å². The number of nitrogens with zero attached hydrogens (tertiary/aromatic N) is 3. The molecule has 0 atom stereocenters. The average molecular weight is 536 g/mol. The first-order valence-corrected chi connectivity index (χ1v) is 13.2. The number of ether oxygens (including phenoxy) is 4. The second-order valence-corrected chi connectivity index (χ2v) is 9.78. The minimum absolute atomic E-state index is 0.112. The van der Waals surface area contributed by atoms with Crippen LogP contribution in [-0.2, 0) is 29.7 Å². The van der Waals surface area contributed by atoms with Crippen molar-refractivity contribution in [3.63, 3.8) is 0 Å². The Morgan fingerprint density at radius 1 is 1.03 bits per heavy atom. The van der Waals surface area contributed by atoms with Crippen LogP contribution in [-0.4, -0.2) is 54.5 Å². The Kier molecular flexibility index (Phi) is 9.11. The highest BCUT2D eigenvalue weighted by atomic mass is 16.5. The van der Waals surface area contributed by atoms with E-state index in [-0.39, 0.29) is 18.3 Å². The van der Waals surface area contributed by atoms with Gasteiger partial charge in [0.1, 0.15) is 11.4 Å². The quantitative estimate of drug-likeness (QED) is 0.229. The van der Waals surface area contributed by atoms with E-state index in [0.29, 0.717) is 49.2 Å². The van der Waals surface area contributed by atoms with Gasteiger partial charge < -0.3 is 23.8 Å². The number of carbonyl (C=O) groups excluding carboxylic acids is 2. The molecule has 39 heavy (non-hydrogen) atoms. The maximum atomic E-state index is 14.0. The predicted octanol–water partition coefficient (Wildman–Crippen LogP) is 4.80. The van der Waals surface area contributed by atoms with Crippen LogP contribution in [0.3, 0.4) is 0 Å². The van der Waals surface area contributed by atoms with Gasteiger partial charge in [-0.2, -0.15) is 5.10 Å². The number of hydrogen-bond acceptors (Lipinski definition) is 7. The standard InChI is InChI=1S/C30H37N3O6/c1-20-16-24(36-3)14-13-22(20)18-33(30(35)26-17-25(21-11-12-21)31-32(26)2)19-23-8-6-9-27(29(23)38-5)39-15-7-10-28(34)37-4/h6,8-9,13-14,16-17,21H,7,10-12,15,18-19H2,1-5H3. The third-order valence-corrected chi connectivity index (χ3v) is 6.95. The fourth-order valence-electron chi connectivity index (χ4n) is 4.55. The summed E-state index contributed by atoms with van der Waals surface area (Å²) >= 11 is 0. The number of aromatic nitrogens is 2. The van der Waals surface area contributed by atoms with Gasteiger partial charge in [-0.05, 0) is 61.6 Å². The maximum Gasteiger partial charge on any atom is 0.305 e. The number of methoxy groups -OCH3 is 3. The lowest BCUT2D eigenvalue weighted by Crippen LogP contribution is -2.32. The van der Waals surface area contributed by atoms with Gasteiger partial charge in [-0.3, -0.25) is 14.3 Å². The van der Waals surface area contributed by atoms with Gasteiger partial charge in [0, 0.05) is 31.5 Å². The second kappa shape index (κ2) is 12.7. The van der Waals surface area contributed by atoms with Crippen molar-refractivity contribution in [2.24, 2.45) is 7.05 Å². The first kappa shape index (κ1) is 28.0. The normalized spacial score (nSPS) is 12.6. The summed E-state index contributed by atoms with van der Waals surface area (Å²) in [6, 6.07) is 13.4. The molecular formula is C30H37N3O6. The fourth-order valence-corrected chi connectivity index (χ4v) is 4.55. The lowest BCUT2D eigenvalue weighted by atomic mass is 10.1. The Morgan fingerprint density at radius 3 is 2.46 bits per heavy atom. The molecule has 208 valence electrons. The Bertz CT molecular complexity index is 1310. The van der Waals surface area contributed by atoms with Crippen molar-refractivity contribution in [2.45, 2.75) is 51.6 Å². The number of benzene rings is 2. The molecule has 2 aromatic carbocycles. The molecule has 0 radical (unpaired) electrons. The minimum Gasteiger partial charge on any atom is -0.497 e. The molecule has 1 aromatic heterocycles. The molecule has 0 spiro atoms. The summed E-state index contributed by atoms with van der Waals surface area (Å²) in [6.45, 7) is 3.05. The molecule has 9 heteroatoms. The third-order valence-electron chi connectivity index (χ3n) is 6.95. The van der Waals surface area contributed by atoms with Crippen molar-refractivity contribution in [1.29, 1.82) is 0 Å². The molecule has 1 fully saturated rings. The Balaban J connectivity index is 1.61. The van der Waals surface area contributed by atoms with Crippen molar-refractivity contribution < 1.29 is 28.5 Å². The molecule has 3 aromatic rings. The van der Waals surface area contributed by atoms with E-state index in [9.17, 15) is 9.59 Å². The van der Waals surface area contributed by atoms with Crippen LogP contribution in [0.25, 0.3) is 0 Å². The van der Waals surface area contributed by atoms with Crippen molar-refractivity contribution in [3.05, 3.63) is 70.5 Å². The van der Waals surface area contributed by atoms with E-state index in [2.05, 4.69) is 5.10 Å². The Hall–Kier alpha value is -4.01. The second-order valence-electron chi connectivity index (χ2n) is 9.78. The van der Waals surface area contributed by atoms with Gasteiger partial charge in [0.05, 0.1) is 40.2 Å². The zero-order valence-corrected chi connectivity index (χ0v) is 23.4. The molecule has 0 saturated heterocycles. The smallest absolute Gasteiger partial charge is 0.305 e. The van der Waals surface area contributed by atoms with Crippen LogP contribution in [0.15, 0.2) is 42.5 Å². The van der Waals surface area contributed by atoms with E-state index in [1.54, 1.807) is 23.8 Å². The Morgan fingerprint density at radius 2 is 1.79 bits per heavy atom. The first-order valence-electron chi connectivity index (χ1n) is 13.2. The summed E-state index contributed by atoms with van der Waals surface area (Å²) in [5.74, 6) is 1.95. The number of rotatable bonds is 13. The molecule has 1 heterocycles. The van der Waals surface area contributed by atoms with Crippen molar-refractivity contribution >= 4 is 11.9 Å². The number of para-hydroxylation sites is 1. The van der Waals surface area contributed by atoms with Crippen LogP contribution in [0.4, 0.5) is 0 Å². The van der Waals surface area contributed by atoms with Crippen LogP contribution in [0.2, 0.25) is 0 Å². The van der Waals surface area contributed by atoms with Gasteiger partial charge in [-0.1, -0.05) is 18.2 Å². The lowest BCUT2D eigenvalue weighted by molar-refractivity contribution is -0.140. The largest absolute Gasteiger partial charge is 0.497 e. The lowest BCUT2D eigenvalue weighted by Gasteiger charge is -2.25. The first-order chi connectivity index (χ1) is 18.8. The monoisotopic (exact) mass is 535 g/mol. The zero-order valence-electron chi connectivity index (χ0n) is 23.4. The zero-order chi connectivity index (χ0) is 27.9. The van der Waals surface area contributed by atoms with Gasteiger partial charge in [0.2, 0.25) is 0 Å². The van der Waals surface area contributed by atoms with E-state index < -0.39 is 0 Å². The minimum atomic E-state index is -0.276. The average Bonchev–Trinajstić information content (AvgIpc) is 3.72. The molecule has 0 N–H and O–H groups in total. The molecule has 1 aliphatic rings. The predicted molar refractivity (Wildman–Crippen MR) is 146 cm³/mol. The SMILES string of the molecule is COC(=O)CCCOc1cccc(CN(Cc2ccc(OC)cc2C)C(=O)c2cc(C3CC3)nn2C)c1OC. The molecule has 0 bridgehead atoms. The van der Waals surface area contributed by atoms with Crippen molar-refractivity contribution in [1.82, 2.24) is 14.7 Å². The number of carbonyl (C=O) groups is 2. The summed E-state index contributed by atoms with van der Waals surface area (Å²) in [7, 11) is 6.41. The van der Waals surface area contributed by atoms with Gasteiger partial charge in [0.15, 0.2) is 11.5 Å². The van der Waals surface area contributed by atoms with Crippen LogP contribution in [0.5, 0.6) is 17.2 Å². The summed E-state index contributed by atoms with van der Waals surface area (Å²) in [5, 5.41) is 4.61. The van der Waals surface area contributed by atoms with E-state index in [1.807, 2.05) is 56.4 Å². The van der Waals surface area contributed by atoms with Crippen LogP contribution in [0.1, 0.15) is 64.5 Å². The molecule has 0 unspecified atom stereocenters. The van der Waals surface area contributed by atoms with Gasteiger partial charge in [-0.25, -0.2) is 0 Å². The molecule has 1 saturated carbocycles.